The first-order chi connectivity index (χ1) is 12.9. The topological polar surface area (TPSA) is 99.9 Å². The zero-order chi connectivity index (χ0) is 19.6. The molecule has 8 nitrogen and oxygen atoms in total. The Labute approximate surface area is 157 Å². The van der Waals surface area contributed by atoms with Gasteiger partial charge in [0, 0.05) is 17.5 Å². The van der Waals surface area contributed by atoms with Crippen molar-refractivity contribution < 1.29 is 27.2 Å². The van der Waals surface area contributed by atoms with Crippen molar-refractivity contribution in [3.8, 4) is 17.2 Å². The average Bonchev–Trinajstić information content (AvgIpc) is 3.08. The quantitative estimate of drug-likeness (QED) is 0.659. The van der Waals surface area contributed by atoms with Crippen LogP contribution in [0.15, 0.2) is 39.8 Å². The Morgan fingerprint density at radius 1 is 1.00 bits per heavy atom. The second kappa shape index (κ2) is 7.36. The van der Waals surface area contributed by atoms with Gasteiger partial charge in [0.15, 0.2) is 17.1 Å². The zero-order valence-corrected chi connectivity index (χ0v) is 16.2. The van der Waals surface area contributed by atoms with Gasteiger partial charge in [-0.15, -0.1) is 0 Å². The first-order valence-electron chi connectivity index (χ1n) is 8.14. The number of anilines is 1. The Balaban J connectivity index is 2.05. The molecule has 1 aromatic heterocycles. The summed E-state index contributed by atoms with van der Waals surface area (Å²) in [6, 6.07) is 7.62. The number of nitrogens with one attached hydrogen (secondary N) is 1. The molecule has 0 unspecified atom stereocenters. The molecule has 2 aromatic carbocycles. The molecule has 0 bridgehead atoms. The second-order valence-electron chi connectivity index (χ2n) is 5.65. The van der Waals surface area contributed by atoms with E-state index >= 15 is 0 Å². The summed E-state index contributed by atoms with van der Waals surface area (Å²) >= 11 is 0. The maximum atomic E-state index is 12.9. The Morgan fingerprint density at radius 3 is 2.33 bits per heavy atom. The summed E-state index contributed by atoms with van der Waals surface area (Å²) in [5.41, 5.74) is 1.55. The number of rotatable bonds is 7. The van der Waals surface area contributed by atoms with E-state index < -0.39 is 10.0 Å². The van der Waals surface area contributed by atoms with Crippen LogP contribution in [0, 0.1) is 0 Å². The molecule has 0 saturated heterocycles. The molecule has 0 amide bonds. The number of methoxy groups -OCH3 is 3. The molecule has 0 aliphatic carbocycles. The van der Waals surface area contributed by atoms with Gasteiger partial charge >= 0.3 is 0 Å². The Kier molecular flexibility index (Phi) is 5.13. The van der Waals surface area contributed by atoms with Crippen LogP contribution in [0.4, 0.5) is 5.69 Å². The first-order valence-corrected chi connectivity index (χ1v) is 9.63. The van der Waals surface area contributed by atoms with Crippen LogP contribution < -0.4 is 18.9 Å². The van der Waals surface area contributed by atoms with Gasteiger partial charge in [0.05, 0.1) is 37.6 Å². The van der Waals surface area contributed by atoms with Crippen molar-refractivity contribution in [3.63, 3.8) is 0 Å². The van der Waals surface area contributed by atoms with Crippen LogP contribution in [0.3, 0.4) is 0 Å². The van der Waals surface area contributed by atoms with Crippen molar-refractivity contribution >= 4 is 26.7 Å². The third-order valence-corrected chi connectivity index (χ3v) is 5.47. The lowest BCUT2D eigenvalue weighted by Crippen LogP contribution is -2.14. The predicted octanol–water partition coefficient (Wildman–Crippen LogP) is 3.22. The van der Waals surface area contributed by atoms with Gasteiger partial charge in [0.2, 0.25) is 0 Å². The minimum atomic E-state index is -3.89. The van der Waals surface area contributed by atoms with Crippen LogP contribution in [-0.2, 0) is 16.4 Å². The highest BCUT2D eigenvalue weighted by Gasteiger charge is 2.21. The van der Waals surface area contributed by atoms with E-state index in [9.17, 15) is 8.42 Å². The van der Waals surface area contributed by atoms with Crippen molar-refractivity contribution in [1.29, 1.82) is 0 Å². The minimum Gasteiger partial charge on any atom is -0.494 e. The molecule has 0 aliphatic heterocycles. The maximum absolute atomic E-state index is 12.9. The Morgan fingerprint density at radius 2 is 1.70 bits per heavy atom. The second-order valence-corrected chi connectivity index (χ2v) is 7.34. The number of ether oxygens (including phenoxy) is 3. The molecule has 0 aliphatic rings. The van der Waals surface area contributed by atoms with Crippen LogP contribution in [0.1, 0.15) is 12.6 Å². The van der Waals surface area contributed by atoms with Crippen LogP contribution >= 0.6 is 0 Å². The van der Waals surface area contributed by atoms with E-state index in [1.165, 1.54) is 39.5 Å². The number of aryl methyl sites for hydroxylation is 1. The largest absolute Gasteiger partial charge is 0.494 e. The minimum absolute atomic E-state index is 0.0309. The number of aromatic nitrogens is 1. The highest BCUT2D eigenvalue weighted by Crippen LogP contribution is 2.35. The maximum Gasteiger partial charge on any atom is 0.262 e. The van der Waals surface area contributed by atoms with Gasteiger partial charge in [-0.25, -0.2) is 8.42 Å². The number of nitrogens with zero attached hydrogens (tertiary/aromatic N) is 1. The summed E-state index contributed by atoms with van der Waals surface area (Å²) in [4.78, 5) is 0.0309. The Hall–Kier alpha value is -2.94. The standard InChI is InChI=1S/C18H20N2O6S/c1-5-13-12-9-14(17(24-3)10-16(12)26-19-13)20-27(21,22)11-6-7-15(23-2)18(8-11)25-4/h6-10,20H,5H2,1-4H3. The lowest BCUT2D eigenvalue weighted by molar-refractivity contribution is 0.354. The van der Waals surface area contributed by atoms with Crippen molar-refractivity contribution in [2.45, 2.75) is 18.2 Å². The molecule has 27 heavy (non-hydrogen) atoms. The van der Waals surface area contributed by atoms with Gasteiger partial charge in [-0.05, 0) is 24.6 Å². The molecule has 9 heteroatoms. The number of hydrogen-bond acceptors (Lipinski definition) is 7. The molecular weight excluding hydrogens is 372 g/mol. The van der Waals surface area contributed by atoms with Crippen molar-refractivity contribution in [3.05, 3.63) is 36.0 Å². The number of hydrogen-bond donors (Lipinski definition) is 1. The van der Waals surface area contributed by atoms with E-state index in [4.69, 9.17) is 18.7 Å². The van der Waals surface area contributed by atoms with Crippen LogP contribution in [0.2, 0.25) is 0 Å². The first kappa shape index (κ1) is 18.8. The molecule has 3 rings (SSSR count). The molecule has 1 N–H and O–H groups in total. The third kappa shape index (κ3) is 3.50. The van der Waals surface area contributed by atoms with Crippen molar-refractivity contribution in [2.75, 3.05) is 26.1 Å². The molecule has 0 saturated carbocycles. The fourth-order valence-electron chi connectivity index (χ4n) is 2.71. The van der Waals surface area contributed by atoms with Gasteiger partial charge in [-0.2, -0.15) is 0 Å². The van der Waals surface area contributed by atoms with Gasteiger partial charge in [-0.3, -0.25) is 4.72 Å². The van der Waals surface area contributed by atoms with Crippen LogP contribution in [0.5, 0.6) is 17.2 Å². The van der Waals surface area contributed by atoms with Gasteiger partial charge in [0.25, 0.3) is 10.0 Å². The number of benzene rings is 2. The van der Waals surface area contributed by atoms with E-state index in [2.05, 4.69) is 9.88 Å². The van der Waals surface area contributed by atoms with E-state index in [-0.39, 0.29) is 10.6 Å². The van der Waals surface area contributed by atoms with E-state index in [1.54, 1.807) is 12.1 Å². The van der Waals surface area contributed by atoms with Crippen LogP contribution in [0.25, 0.3) is 11.0 Å². The summed E-state index contributed by atoms with van der Waals surface area (Å²) < 4.78 is 49.2. The molecule has 3 aromatic rings. The molecule has 144 valence electrons. The van der Waals surface area contributed by atoms with Gasteiger partial charge in [0.1, 0.15) is 5.75 Å². The van der Waals surface area contributed by atoms with Crippen LogP contribution in [-0.4, -0.2) is 34.9 Å². The zero-order valence-electron chi connectivity index (χ0n) is 15.4. The molecule has 0 radical (unpaired) electrons. The smallest absolute Gasteiger partial charge is 0.262 e. The summed E-state index contributed by atoms with van der Waals surface area (Å²) in [5, 5.41) is 4.71. The molecule has 0 atom stereocenters. The highest BCUT2D eigenvalue weighted by molar-refractivity contribution is 7.92. The van der Waals surface area contributed by atoms with Gasteiger partial charge < -0.3 is 18.7 Å². The summed E-state index contributed by atoms with van der Waals surface area (Å²) in [7, 11) is 0.482. The van der Waals surface area contributed by atoms with Crippen molar-refractivity contribution in [1.82, 2.24) is 5.16 Å². The summed E-state index contributed by atoms with van der Waals surface area (Å²) in [5.74, 6) is 1.08. The van der Waals surface area contributed by atoms with Gasteiger partial charge in [-0.1, -0.05) is 12.1 Å². The normalized spacial score (nSPS) is 11.4. The molecule has 1 heterocycles. The van der Waals surface area contributed by atoms with Crippen molar-refractivity contribution in [2.24, 2.45) is 0 Å². The summed E-state index contributed by atoms with van der Waals surface area (Å²) in [6.45, 7) is 1.94. The highest BCUT2D eigenvalue weighted by atomic mass is 32.2. The average molecular weight is 392 g/mol. The summed E-state index contributed by atoms with van der Waals surface area (Å²) in [6.07, 6.45) is 0.654. The van der Waals surface area contributed by atoms with E-state index in [0.717, 1.165) is 11.1 Å². The Bertz CT molecular complexity index is 1070. The lowest BCUT2D eigenvalue weighted by atomic mass is 10.1. The monoisotopic (exact) mass is 392 g/mol. The SMILES string of the molecule is CCc1noc2cc(OC)c(NS(=O)(=O)c3ccc(OC)c(OC)c3)cc12. The number of sulfonamides is 1. The fourth-order valence-corrected chi connectivity index (χ4v) is 3.78. The molecule has 0 spiro atoms. The molecule has 0 fully saturated rings. The third-order valence-electron chi connectivity index (χ3n) is 4.11. The number of fused-ring (bicyclic) bond motifs is 1. The van der Waals surface area contributed by atoms with E-state index in [1.807, 2.05) is 6.92 Å². The fraction of sp³-hybridized carbons (Fsp3) is 0.278. The lowest BCUT2D eigenvalue weighted by Gasteiger charge is -2.13. The van der Waals surface area contributed by atoms with E-state index in [0.29, 0.717) is 29.3 Å². The predicted molar refractivity (Wildman–Crippen MR) is 100 cm³/mol. The molecular formula is C18H20N2O6S.